The van der Waals surface area contributed by atoms with Crippen molar-refractivity contribution in [1.29, 1.82) is 0 Å². The van der Waals surface area contributed by atoms with Gasteiger partial charge in [0.15, 0.2) is 4.90 Å². The lowest BCUT2D eigenvalue weighted by Gasteiger charge is -2.07. The van der Waals surface area contributed by atoms with Gasteiger partial charge in [-0.25, -0.2) is 18.1 Å². The Morgan fingerprint density at radius 1 is 1.28 bits per heavy atom. The third-order valence-electron chi connectivity index (χ3n) is 3.33. The Labute approximate surface area is 146 Å². The summed E-state index contributed by atoms with van der Waals surface area (Å²) >= 11 is 1.25. The minimum atomic E-state index is -3.94. The average Bonchev–Trinajstić information content (AvgIpc) is 3.19. The molecule has 0 atom stereocenters. The van der Waals surface area contributed by atoms with Crippen molar-refractivity contribution in [2.45, 2.75) is 11.3 Å². The number of nitro groups is 1. The zero-order valence-electron chi connectivity index (χ0n) is 12.8. The summed E-state index contributed by atoms with van der Waals surface area (Å²) in [6.45, 7) is 0.620. The van der Waals surface area contributed by atoms with E-state index < -0.39 is 20.6 Å². The second-order valence-electron chi connectivity index (χ2n) is 4.99. The number of hydrogen-bond acceptors (Lipinski definition) is 8. The molecular weight excluding hydrogens is 368 g/mol. The first-order chi connectivity index (χ1) is 12.0. The monoisotopic (exact) mass is 382 g/mol. The molecule has 0 aliphatic heterocycles. The molecule has 132 valence electrons. The number of para-hydroxylation sites is 1. The van der Waals surface area contributed by atoms with Gasteiger partial charge in [-0.15, -0.1) is 0 Å². The van der Waals surface area contributed by atoms with Gasteiger partial charge in [-0.3, -0.25) is 14.5 Å². The summed E-state index contributed by atoms with van der Waals surface area (Å²) in [6.07, 6.45) is 3.92. The molecule has 2 N–H and O–H groups in total. The highest BCUT2D eigenvalue weighted by Gasteiger charge is 2.24. The Balaban J connectivity index is 1.55. The van der Waals surface area contributed by atoms with Crippen molar-refractivity contribution in [1.82, 2.24) is 18.5 Å². The second kappa shape index (κ2) is 7.13. The van der Waals surface area contributed by atoms with Crippen molar-refractivity contribution < 1.29 is 13.3 Å². The van der Waals surface area contributed by atoms with Crippen LogP contribution in [0.25, 0.3) is 4.96 Å². The normalized spacial score (nSPS) is 11.7. The molecular formula is C13H14N6O4S2. The van der Waals surface area contributed by atoms with Crippen molar-refractivity contribution in [3.05, 3.63) is 46.8 Å². The third kappa shape index (κ3) is 3.75. The van der Waals surface area contributed by atoms with E-state index in [1.54, 1.807) is 16.8 Å². The van der Waals surface area contributed by atoms with Crippen molar-refractivity contribution in [2.75, 3.05) is 18.4 Å². The molecule has 0 aliphatic carbocycles. The van der Waals surface area contributed by atoms with Crippen LogP contribution in [-0.4, -0.2) is 40.2 Å². The summed E-state index contributed by atoms with van der Waals surface area (Å²) < 4.78 is 32.8. The van der Waals surface area contributed by atoms with E-state index in [-0.39, 0.29) is 11.4 Å². The number of fused-ring (bicyclic) bond motifs is 1. The van der Waals surface area contributed by atoms with E-state index in [9.17, 15) is 18.5 Å². The fourth-order valence-electron chi connectivity index (χ4n) is 2.17. The molecule has 3 rings (SSSR count). The van der Waals surface area contributed by atoms with E-state index in [1.165, 1.54) is 29.7 Å². The highest BCUT2D eigenvalue weighted by atomic mass is 32.2. The van der Waals surface area contributed by atoms with Crippen LogP contribution in [0.3, 0.4) is 0 Å². The van der Waals surface area contributed by atoms with Crippen LogP contribution in [0.5, 0.6) is 0 Å². The summed E-state index contributed by atoms with van der Waals surface area (Å²) in [7, 11) is -3.94. The van der Waals surface area contributed by atoms with Crippen molar-refractivity contribution >= 4 is 38.2 Å². The van der Waals surface area contributed by atoms with Crippen LogP contribution in [0.15, 0.2) is 41.6 Å². The molecule has 0 saturated carbocycles. The highest BCUT2D eigenvalue weighted by molar-refractivity contribution is 7.89. The zero-order chi connectivity index (χ0) is 17.9. The smallest absolute Gasteiger partial charge is 0.289 e. The van der Waals surface area contributed by atoms with Crippen molar-refractivity contribution in [3.63, 3.8) is 0 Å². The SMILES string of the molecule is O=[N+]([O-])c1ccccc1S(=O)(=O)NCCCNc1nsc2nccn12. The van der Waals surface area contributed by atoms with Crippen LogP contribution in [0, 0.1) is 10.1 Å². The van der Waals surface area contributed by atoms with Crippen LogP contribution in [0.4, 0.5) is 11.6 Å². The van der Waals surface area contributed by atoms with Gasteiger partial charge < -0.3 is 5.32 Å². The van der Waals surface area contributed by atoms with E-state index in [1.807, 2.05) is 0 Å². The van der Waals surface area contributed by atoms with E-state index in [4.69, 9.17) is 0 Å². The molecule has 1 aromatic carbocycles. The topological polar surface area (TPSA) is 132 Å². The van der Waals surface area contributed by atoms with Gasteiger partial charge in [0.05, 0.1) is 4.92 Å². The van der Waals surface area contributed by atoms with E-state index in [0.717, 1.165) is 11.0 Å². The van der Waals surface area contributed by atoms with Gasteiger partial charge in [0.25, 0.3) is 5.69 Å². The number of hydrogen-bond donors (Lipinski definition) is 2. The standard InChI is InChI=1S/C13H14N6O4S2/c20-19(21)10-4-1-2-5-11(10)25(22,23)16-7-3-6-14-12-17-24-13-15-8-9-18(12)13/h1-2,4-5,8-9,16H,3,6-7H2,(H,14,17). The fraction of sp³-hybridized carbons (Fsp3) is 0.231. The number of nitro benzene ring substituents is 1. The number of nitrogens with zero attached hydrogens (tertiary/aromatic N) is 4. The first kappa shape index (κ1) is 17.3. The van der Waals surface area contributed by atoms with Crippen LogP contribution >= 0.6 is 11.5 Å². The lowest BCUT2D eigenvalue weighted by atomic mass is 10.3. The maximum absolute atomic E-state index is 12.2. The molecule has 3 aromatic rings. The molecule has 25 heavy (non-hydrogen) atoms. The number of anilines is 1. The first-order valence-electron chi connectivity index (χ1n) is 7.25. The molecule has 0 aliphatic rings. The second-order valence-corrected chi connectivity index (χ2v) is 7.45. The fourth-order valence-corrected chi connectivity index (χ4v) is 4.08. The van der Waals surface area contributed by atoms with E-state index >= 15 is 0 Å². The lowest BCUT2D eigenvalue weighted by molar-refractivity contribution is -0.387. The van der Waals surface area contributed by atoms with Crippen LogP contribution < -0.4 is 10.0 Å². The van der Waals surface area contributed by atoms with Crippen molar-refractivity contribution in [3.8, 4) is 0 Å². The van der Waals surface area contributed by atoms with Gasteiger partial charge in [-0.05, 0) is 12.5 Å². The van der Waals surface area contributed by atoms with Crippen molar-refractivity contribution in [2.24, 2.45) is 0 Å². The summed E-state index contributed by atoms with van der Waals surface area (Å²) in [5.74, 6) is 0.638. The number of benzene rings is 1. The number of imidazole rings is 1. The Hall–Kier alpha value is -2.57. The minimum absolute atomic E-state index is 0.137. The number of rotatable bonds is 8. The Bertz CT molecular complexity index is 997. The molecule has 0 saturated heterocycles. The Morgan fingerprint density at radius 3 is 2.88 bits per heavy atom. The highest BCUT2D eigenvalue weighted by Crippen LogP contribution is 2.22. The van der Waals surface area contributed by atoms with Crippen LogP contribution in [0.1, 0.15) is 6.42 Å². The Kier molecular flexibility index (Phi) is 4.92. The van der Waals surface area contributed by atoms with Gasteiger partial charge in [0.1, 0.15) is 0 Å². The molecule has 0 radical (unpaired) electrons. The summed E-state index contributed by atoms with van der Waals surface area (Å²) in [5, 5.41) is 14.0. The van der Waals surface area contributed by atoms with E-state index in [2.05, 4.69) is 19.4 Å². The molecule has 0 unspecified atom stereocenters. The molecule has 2 aromatic heterocycles. The molecule has 12 heteroatoms. The zero-order valence-corrected chi connectivity index (χ0v) is 14.5. The molecule has 2 heterocycles. The van der Waals surface area contributed by atoms with Gasteiger partial charge >= 0.3 is 0 Å². The van der Waals surface area contributed by atoms with E-state index in [0.29, 0.717) is 18.9 Å². The van der Waals surface area contributed by atoms with Gasteiger partial charge in [0.2, 0.25) is 20.9 Å². The number of nitrogens with one attached hydrogen (secondary N) is 2. The number of sulfonamides is 1. The minimum Gasteiger partial charge on any atom is -0.355 e. The van der Waals surface area contributed by atoms with Gasteiger partial charge in [-0.2, -0.15) is 4.37 Å². The molecule has 0 fully saturated rings. The van der Waals surface area contributed by atoms with Crippen LogP contribution in [-0.2, 0) is 10.0 Å². The Morgan fingerprint density at radius 2 is 2.08 bits per heavy atom. The maximum Gasteiger partial charge on any atom is 0.289 e. The average molecular weight is 382 g/mol. The quantitative estimate of drug-likeness (QED) is 0.343. The van der Waals surface area contributed by atoms with Crippen LogP contribution in [0.2, 0.25) is 0 Å². The maximum atomic E-state index is 12.2. The molecule has 0 amide bonds. The first-order valence-corrected chi connectivity index (χ1v) is 9.50. The summed E-state index contributed by atoms with van der Waals surface area (Å²) in [4.78, 5) is 14.8. The molecule has 0 spiro atoms. The van der Waals surface area contributed by atoms with Gasteiger partial charge in [0, 0.05) is 43.1 Å². The predicted molar refractivity (Wildman–Crippen MR) is 92.3 cm³/mol. The number of aromatic nitrogens is 3. The lowest BCUT2D eigenvalue weighted by Crippen LogP contribution is -2.26. The molecule has 0 bridgehead atoms. The summed E-state index contributed by atoms with van der Waals surface area (Å²) in [6, 6.07) is 5.24. The third-order valence-corrected chi connectivity index (χ3v) is 5.57. The predicted octanol–water partition coefficient (Wildman–Crippen LogP) is 1.48. The summed E-state index contributed by atoms with van der Waals surface area (Å²) in [5.41, 5.74) is -0.446. The largest absolute Gasteiger partial charge is 0.355 e. The van der Waals surface area contributed by atoms with Gasteiger partial charge in [-0.1, -0.05) is 12.1 Å². The molecule has 10 nitrogen and oxygen atoms in total.